The maximum Gasteiger partial charge on any atom is 0.243 e. The van der Waals surface area contributed by atoms with Crippen LogP contribution in [0.2, 0.25) is 0 Å². The molecule has 7 heteroatoms. The second kappa shape index (κ2) is 6.20. The van der Waals surface area contributed by atoms with Crippen molar-refractivity contribution in [3.05, 3.63) is 30.5 Å². The van der Waals surface area contributed by atoms with E-state index in [9.17, 15) is 8.42 Å². The van der Waals surface area contributed by atoms with E-state index in [1.807, 2.05) is 6.92 Å². The zero-order valence-corrected chi connectivity index (χ0v) is 13.3. The first kappa shape index (κ1) is 15.2. The highest BCUT2D eigenvalue weighted by molar-refractivity contribution is 7.89. The van der Waals surface area contributed by atoms with Crippen LogP contribution in [0.1, 0.15) is 6.92 Å². The van der Waals surface area contributed by atoms with Crippen LogP contribution in [0.3, 0.4) is 0 Å². The highest BCUT2D eigenvalue weighted by atomic mass is 32.2. The lowest BCUT2D eigenvalue weighted by atomic mass is 10.2. The lowest BCUT2D eigenvalue weighted by Crippen LogP contribution is -2.46. The number of ether oxygens (including phenoxy) is 1. The van der Waals surface area contributed by atoms with E-state index in [2.05, 4.69) is 10.3 Å². The minimum Gasteiger partial charge on any atom is -0.492 e. The second-order valence-corrected chi connectivity index (χ2v) is 6.95. The van der Waals surface area contributed by atoms with E-state index in [1.54, 1.807) is 30.5 Å². The Balaban J connectivity index is 2.13. The molecule has 1 saturated heterocycles. The summed E-state index contributed by atoms with van der Waals surface area (Å²) in [4.78, 5) is 4.59. The summed E-state index contributed by atoms with van der Waals surface area (Å²) < 4.78 is 32.9. The molecule has 1 aliphatic heterocycles. The second-order valence-electron chi connectivity index (χ2n) is 5.05. The molecule has 1 aromatic carbocycles. The number of benzene rings is 1. The lowest BCUT2D eigenvalue weighted by molar-refractivity contribution is 0.343. The Kier molecular flexibility index (Phi) is 4.28. The average Bonchev–Trinajstić information content (AvgIpc) is 2.56. The van der Waals surface area contributed by atoms with E-state index in [4.69, 9.17) is 4.74 Å². The van der Waals surface area contributed by atoms with Crippen LogP contribution in [0.4, 0.5) is 0 Å². The van der Waals surface area contributed by atoms with Crippen LogP contribution >= 0.6 is 0 Å². The number of rotatable bonds is 4. The van der Waals surface area contributed by atoms with Crippen LogP contribution in [-0.4, -0.2) is 50.5 Å². The van der Waals surface area contributed by atoms with E-state index in [1.165, 1.54) is 4.31 Å². The number of nitrogens with one attached hydrogen (secondary N) is 1. The molecule has 118 valence electrons. The molecule has 2 heterocycles. The molecule has 0 aliphatic carbocycles. The summed E-state index contributed by atoms with van der Waals surface area (Å²) in [6, 6.07) is 6.83. The van der Waals surface area contributed by atoms with Crippen molar-refractivity contribution >= 4 is 20.9 Å². The molecule has 1 aliphatic rings. The Morgan fingerprint density at radius 2 is 2.05 bits per heavy atom. The predicted molar refractivity (Wildman–Crippen MR) is 84.5 cm³/mol. The van der Waals surface area contributed by atoms with Gasteiger partial charge >= 0.3 is 0 Å². The minimum atomic E-state index is -3.52. The zero-order valence-electron chi connectivity index (χ0n) is 12.4. The van der Waals surface area contributed by atoms with E-state index in [-0.39, 0.29) is 0 Å². The summed E-state index contributed by atoms with van der Waals surface area (Å²) in [7, 11) is -3.52. The number of hydrogen-bond donors (Lipinski definition) is 1. The van der Waals surface area contributed by atoms with Crippen LogP contribution in [0.5, 0.6) is 5.75 Å². The van der Waals surface area contributed by atoms with Crippen molar-refractivity contribution in [2.45, 2.75) is 11.8 Å². The maximum absolute atomic E-state index is 12.9. The largest absolute Gasteiger partial charge is 0.492 e. The van der Waals surface area contributed by atoms with Gasteiger partial charge in [-0.1, -0.05) is 0 Å². The van der Waals surface area contributed by atoms with Gasteiger partial charge in [0.15, 0.2) is 0 Å². The van der Waals surface area contributed by atoms with Crippen LogP contribution in [0.15, 0.2) is 35.4 Å². The monoisotopic (exact) mass is 321 g/mol. The molecular weight excluding hydrogens is 302 g/mol. The number of sulfonamides is 1. The van der Waals surface area contributed by atoms with E-state index < -0.39 is 10.0 Å². The van der Waals surface area contributed by atoms with Crippen molar-refractivity contribution in [1.29, 1.82) is 0 Å². The Morgan fingerprint density at radius 3 is 2.77 bits per heavy atom. The summed E-state index contributed by atoms with van der Waals surface area (Å²) in [5.74, 6) is 0.609. The smallest absolute Gasteiger partial charge is 0.243 e. The molecule has 0 unspecified atom stereocenters. The van der Waals surface area contributed by atoms with Crippen molar-refractivity contribution in [2.75, 3.05) is 32.8 Å². The molecule has 1 fully saturated rings. The SMILES string of the molecule is CCOc1ccc(S(=O)(=O)N2CCNCC2)c2cccnc12. The fraction of sp³-hybridized carbons (Fsp3) is 0.400. The molecular formula is C15H19N3O3S. The topological polar surface area (TPSA) is 71.5 Å². The number of piperazine rings is 1. The normalized spacial score (nSPS) is 16.8. The predicted octanol–water partition coefficient (Wildman–Crippen LogP) is 1.23. The number of pyridine rings is 1. The van der Waals surface area contributed by atoms with Gasteiger partial charge in [-0.2, -0.15) is 4.31 Å². The Hall–Kier alpha value is -1.70. The molecule has 1 aromatic heterocycles. The third kappa shape index (κ3) is 2.67. The average molecular weight is 321 g/mol. The third-order valence-electron chi connectivity index (χ3n) is 3.69. The summed E-state index contributed by atoms with van der Waals surface area (Å²) >= 11 is 0. The van der Waals surface area contributed by atoms with E-state index >= 15 is 0 Å². The minimum absolute atomic E-state index is 0.293. The van der Waals surface area contributed by atoms with Gasteiger partial charge in [0.1, 0.15) is 11.3 Å². The highest BCUT2D eigenvalue weighted by Gasteiger charge is 2.28. The molecule has 0 amide bonds. The number of nitrogens with zero attached hydrogens (tertiary/aromatic N) is 2. The van der Waals surface area contributed by atoms with Gasteiger partial charge in [0, 0.05) is 37.8 Å². The van der Waals surface area contributed by atoms with Crippen molar-refractivity contribution in [2.24, 2.45) is 0 Å². The first-order valence-corrected chi connectivity index (χ1v) is 8.80. The molecule has 6 nitrogen and oxygen atoms in total. The van der Waals surface area contributed by atoms with Crippen LogP contribution in [0.25, 0.3) is 10.9 Å². The fourth-order valence-corrected chi connectivity index (χ4v) is 4.27. The zero-order chi connectivity index (χ0) is 15.6. The molecule has 0 spiro atoms. The highest BCUT2D eigenvalue weighted by Crippen LogP contribution is 2.31. The summed E-state index contributed by atoms with van der Waals surface area (Å²) in [5, 5.41) is 3.77. The number of aromatic nitrogens is 1. The van der Waals surface area contributed by atoms with Gasteiger partial charge in [-0.15, -0.1) is 0 Å². The Labute approximate surface area is 130 Å². The molecule has 0 radical (unpaired) electrons. The Morgan fingerprint density at radius 1 is 1.27 bits per heavy atom. The van der Waals surface area contributed by atoms with Gasteiger partial charge in [-0.25, -0.2) is 8.42 Å². The van der Waals surface area contributed by atoms with Crippen molar-refractivity contribution in [3.63, 3.8) is 0 Å². The van der Waals surface area contributed by atoms with Crippen LogP contribution < -0.4 is 10.1 Å². The quantitative estimate of drug-likeness (QED) is 0.917. The van der Waals surface area contributed by atoms with E-state index in [0.717, 1.165) is 0 Å². The number of hydrogen-bond acceptors (Lipinski definition) is 5. The van der Waals surface area contributed by atoms with Gasteiger partial charge in [-0.3, -0.25) is 4.98 Å². The standard InChI is InChI=1S/C15H19N3O3S/c1-2-21-13-5-6-14(12-4-3-7-17-15(12)13)22(19,20)18-10-8-16-9-11-18/h3-7,16H,2,8-11H2,1H3. The van der Waals surface area contributed by atoms with E-state index in [0.29, 0.717) is 54.3 Å². The maximum atomic E-state index is 12.9. The molecule has 0 bridgehead atoms. The first-order valence-electron chi connectivity index (χ1n) is 7.36. The lowest BCUT2D eigenvalue weighted by Gasteiger charge is -2.27. The molecule has 1 N–H and O–H groups in total. The van der Waals surface area contributed by atoms with Crippen molar-refractivity contribution in [1.82, 2.24) is 14.6 Å². The van der Waals surface area contributed by atoms with Crippen LogP contribution in [0, 0.1) is 0 Å². The number of fused-ring (bicyclic) bond motifs is 1. The fourth-order valence-electron chi connectivity index (χ4n) is 2.64. The Bertz CT molecular complexity index is 771. The summed E-state index contributed by atoms with van der Waals surface area (Å²) in [6.07, 6.45) is 1.64. The van der Waals surface area contributed by atoms with Crippen molar-refractivity contribution in [3.8, 4) is 5.75 Å². The van der Waals surface area contributed by atoms with Gasteiger partial charge in [0.2, 0.25) is 10.0 Å². The van der Waals surface area contributed by atoms with Gasteiger partial charge < -0.3 is 10.1 Å². The van der Waals surface area contributed by atoms with Crippen molar-refractivity contribution < 1.29 is 13.2 Å². The first-order chi connectivity index (χ1) is 10.6. The van der Waals surface area contributed by atoms with Gasteiger partial charge in [-0.05, 0) is 31.2 Å². The van der Waals surface area contributed by atoms with Crippen LogP contribution in [-0.2, 0) is 10.0 Å². The summed E-state index contributed by atoms with van der Waals surface area (Å²) in [6.45, 7) is 4.71. The molecule has 0 saturated carbocycles. The molecule has 0 atom stereocenters. The molecule has 2 aromatic rings. The van der Waals surface area contributed by atoms with Gasteiger partial charge in [0.05, 0.1) is 11.5 Å². The summed E-state index contributed by atoms with van der Waals surface area (Å²) in [5.41, 5.74) is 0.584. The third-order valence-corrected chi connectivity index (χ3v) is 5.64. The molecule has 22 heavy (non-hydrogen) atoms. The molecule has 3 rings (SSSR count). The van der Waals surface area contributed by atoms with Gasteiger partial charge in [0.25, 0.3) is 0 Å².